The average Bonchev–Trinajstić information content (AvgIpc) is 2.02. The molecular formula is C10H21N3O. The zero-order valence-electron chi connectivity index (χ0n) is 9.42. The highest BCUT2D eigenvalue weighted by molar-refractivity contribution is 5.74. The molecule has 1 saturated carbocycles. The monoisotopic (exact) mass is 199 g/mol. The smallest absolute Gasteiger partial charge is 0.315 e. The molecule has 1 rings (SSSR count). The molecule has 0 bridgehead atoms. The minimum Gasteiger partial charge on any atom is -0.336 e. The van der Waals surface area contributed by atoms with Gasteiger partial charge in [-0.25, -0.2) is 4.79 Å². The summed E-state index contributed by atoms with van der Waals surface area (Å²) in [6.07, 6.45) is 0.874. The minimum absolute atomic E-state index is 0.0221. The highest BCUT2D eigenvalue weighted by Gasteiger charge is 2.46. The van der Waals surface area contributed by atoms with Crippen LogP contribution in [0.5, 0.6) is 0 Å². The second kappa shape index (κ2) is 3.77. The van der Waals surface area contributed by atoms with Crippen LogP contribution in [-0.2, 0) is 0 Å². The molecule has 4 N–H and O–H groups in total. The van der Waals surface area contributed by atoms with E-state index in [0.29, 0.717) is 0 Å². The predicted molar refractivity (Wildman–Crippen MR) is 57.0 cm³/mol. The van der Waals surface area contributed by atoms with Crippen molar-refractivity contribution < 1.29 is 4.79 Å². The van der Waals surface area contributed by atoms with Crippen LogP contribution in [-0.4, -0.2) is 24.2 Å². The maximum absolute atomic E-state index is 11.4. The van der Waals surface area contributed by atoms with Crippen molar-refractivity contribution in [2.75, 3.05) is 0 Å². The average molecular weight is 199 g/mol. The molecule has 0 spiro atoms. The molecule has 1 fully saturated rings. The fourth-order valence-electron chi connectivity index (χ4n) is 1.67. The number of urea groups is 1. The van der Waals surface area contributed by atoms with E-state index < -0.39 is 0 Å². The summed E-state index contributed by atoms with van der Waals surface area (Å²) < 4.78 is 0. The van der Waals surface area contributed by atoms with Gasteiger partial charge in [0.05, 0.1) is 0 Å². The van der Waals surface area contributed by atoms with E-state index in [0.717, 1.165) is 6.42 Å². The van der Waals surface area contributed by atoms with Crippen LogP contribution >= 0.6 is 0 Å². The maximum atomic E-state index is 11.4. The number of carbonyl (C=O) groups excluding carboxylic acids is 1. The van der Waals surface area contributed by atoms with Crippen LogP contribution in [0.1, 0.15) is 34.1 Å². The second-order valence-corrected chi connectivity index (χ2v) is 4.99. The van der Waals surface area contributed by atoms with Crippen molar-refractivity contribution in [3.05, 3.63) is 0 Å². The number of carbonyl (C=O) groups is 1. The van der Waals surface area contributed by atoms with Gasteiger partial charge in [-0.05, 0) is 20.3 Å². The highest BCUT2D eigenvalue weighted by atomic mass is 16.2. The van der Waals surface area contributed by atoms with Gasteiger partial charge in [-0.3, -0.25) is 0 Å². The van der Waals surface area contributed by atoms with Gasteiger partial charge in [-0.1, -0.05) is 13.8 Å². The van der Waals surface area contributed by atoms with Gasteiger partial charge in [0, 0.05) is 23.5 Å². The van der Waals surface area contributed by atoms with Crippen LogP contribution in [0.15, 0.2) is 0 Å². The summed E-state index contributed by atoms with van der Waals surface area (Å²) in [5, 5.41) is 5.74. The van der Waals surface area contributed by atoms with Crippen LogP contribution < -0.4 is 16.4 Å². The zero-order chi connectivity index (χ0) is 10.9. The Bertz CT molecular complexity index is 225. The quantitative estimate of drug-likeness (QED) is 0.616. The lowest BCUT2D eigenvalue weighted by Crippen LogP contribution is -2.65. The molecule has 0 radical (unpaired) electrons. The Morgan fingerprint density at radius 2 is 2.07 bits per heavy atom. The summed E-state index contributed by atoms with van der Waals surface area (Å²) in [5.41, 5.74) is 5.87. The van der Waals surface area contributed by atoms with Crippen LogP contribution in [0.25, 0.3) is 0 Å². The summed E-state index contributed by atoms with van der Waals surface area (Å²) in [4.78, 5) is 11.4. The Hall–Kier alpha value is -0.770. The fraction of sp³-hybridized carbons (Fsp3) is 0.900. The third-order valence-corrected chi connectivity index (χ3v) is 3.07. The van der Waals surface area contributed by atoms with E-state index in [-0.39, 0.29) is 29.6 Å². The molecule has 14 heavy (non-hydrogen) atoms. The van der Waals surface area contributed by atoms with Gasteiger partial charge in [0.25, 0.3) is 0 Å². The lowest BCUT2D eigenvalue weighted by Gasteiger charge is -2.50. The molecule has 82 valence electrons. The number of nitrogens with two attached hydrogens (primary N) is 1. The molecule has 0 saturated heterocycles. The Balaban J connectivity index is 2.36. The SMILES string of the molecule is CC(C)NC(=O)NC1CC(N)C1(C)C. The van der Waals surface area contributed by atoms with Crippen molar-refractivity contribution in [1.29, 1.82) is 0 Å². The molecule has 0 aromatic carbocycles. The third-order valence-electron chi connectivity index (χ3n) is 3.07. The molecule has 1 aliphatic carbocycles. The Kier molecular flexibility index (Phi) is 3.04. The van der Waals surface area contributed by atoms with Gasteiger partial charge in [-0.2, -0.15) is 0 Å². The molecule has 0 heterocycles. The molecule has 2 atom stereocenters. The van der Waals surface area contributed by atoms with Crippen molar-refractivity contribution >= 4 is 6.03 Å². The van der Waals surface area contributed by atoms with Crippen molar-refractivity contribution in [3.8, 4) is 0 Å². The number of amides is 2. The van der Waals surface area contributed by atoms with Crippen molar-refractivity contribution in [2.45, 2.75) is 52.2 Å². The van der Waals surface area contributed by atoms with Crippen molar-refractivity contribution in [2.24, 2.45) is 11.1 Å². The maximum Gasteiger partial charge on any atom is 0.315 e. The van der Waals surface area contributed by atoms with Gasteiger partial charge in [0.1, 0.15) is 0 Å². The standard InChI is InChI=1S/C10H21N3O/c1-6(2)12-9(14)13-8-5-7(11)10(8,3)4/h6-8H,5,11H2,1-4H3,(H2,12,13,14). The topological polar surface area (TPSA) is 67.2 Å². The van der Waals surface area contributed by atoms with Gasteiger partial charge < -0.3 is 16.4 Å². The molecule has 4 heteroatoms. The van der Waals surface area contributed by atoms with Crippen molar-refractivity contribution in [1.82, 2.24) is 10.6 Å². The summed E-state index contributed by atoms with van der Waals surface area (Å²) in [6.45, 7) is 8.05. The molecule has 4 nitrogen and oxygen atoms in total. The first kappa shape index (κ1) is 11.3. The number of rotatable bonds is 2. The molecule has 0 aromatic rings. The first-order valence-corrected chi connectivity index (χ1v) is 5.16. The van der Waals surface area contributed by atoms with E-state index in [1.807, 2.05) is 13.8 Å². The first-order chi connectivity index (χ1) is 6.34. The van der Waals surface area contributed by atoms with E-state index in [2.05, 4.69) is 24.5 Å². The summed E-state index contributed by atoms with van der Waals surface area (Å²) >= 11 is 0. The predicted octanol–water partition coefficient (Wildman–Crippen LogP) is 0.820. The van der Waals surface area contributed by atoms with Gasteiger partial charge >= 0.3 is 6.03 Å². The van der Waals surface area contributed by atoms with Crippen LogP contribution in [0.3, 0.4) is 0 Å². The Morgan fingerprint density at radius 3 is 2.43 bits per heavy atom. The Labute approximate surface area is 85.6 Å². The van der Waals surface area contributed by atoms with E-state index in [9.17, 15) is 4.79 Å². The summed E-state index contributed by atoms with van der Waals surface area (Å²) in [6, 6.07) is 0.486. The highest BCUT2D eigenvalue weighted by Crippen LogP contribution is 2.38. The minimum atomic E-state index is -0.0926. The number of nitrogens with one attached hydrogen (secondary N) is 2. The van der Waals surface area contributed by atoms with E-state index in [1.54, 1.807) is 0 Å². The summed E-state index contributed by atoms with van der Waals surface area (Å²) in [5.74, 6) is 0. The lowest BCUT2D eigenvalue weighted by molar-refractivity contribution is 0.0795. The number of hydrogen-bond acceptors (Lipinski definition) is 2. The zero-order valence-corrected chi connectivity index (χ0v) is 9.42. The molecular weight excluding hydrogens is 178 g/mol. The lowest BCUT2D eigenvalue weighted by atomic mass is 9.63. The third kappa shape index (κ3) is 2.18. The van der Waals surface area contributed by atoms with Gasteiger partial charge in [0.15, 0.2) is 0 Å². The molecule has 0 aromatic heterocycles. The van der Waals surface area contributed by atoms with Crippen molar-refractivity contribution in [3.63, 3.8) is 0 Å². The number of hydrogen-bond donors (Lipinski definition) is 3. The molecule has 2 amide bonds. The normalized spacial score (nSPS) is 29.6. The molecule has 0 aliphatic heterocycles. The van der Waals surface area contributed by atoms with E-state index in [4.69, 9.17) is 5.73 Å². The molecule has 1 aliphatic rings. The second-order valence-electron chi connectivity index (χ2n) is 4.99. The molecule has 2 unspecified atom stereocenters. The Morgan fingerprint density at radius 1 is 1.50 bits per heavy atom. The first-order valence-electron chi connectivity index (χ1n) is 5.16. The van der Waals surface area contributed by atoms with Crippen LogP contribution in [0.2, 0.25) is 0 Å². The van der Waals surface area contributed by atoms with Crippen LogP contribution in [0.4, 0.5) is 4.79 Å². The van der Waals surface area contributed by atoms with E-state index >= 15 is 0 Å². The van der Waals surface area contributed by atoms with Gasteiger partial charge in [-0.15, -0.1) is 0 Å². The van der Waals surface area contributed by atoms with Gasteiger partial charge in [0.2, 0.25) is 0 Å². The van der Waals surface area contributed by atoms with Crippen LogP contribution in [0, 0.1) is 5.41 Å². The largest absolute Gasteiger partial charge is 0.336 e. The van der Waals surface area contributed by atoms with E-state index in [1.165, 1.54) is 0 Å². The fourth-order valence-corrected chi connectivity index (χ4v) is 1.67. The summed E-state index contributed by atoms with van der Waals surface area (Å²) in [7, 11) is 0.